The lowest BCUT2D eigenvalue weighted by molar-refractivity contribution is 0.456. The highest BCUT2D eigenvalue weighted by Crippen LogP contribution is 2.32. The largest absolute Gasteiger partial charge is 0.271 e. The van der Waals surface area contributed by atoms with Crippen LogP contribution in [0.1, 0.15) is 35.4 Å². The zero-order chi connectivity index (χ0) is 12.5. The maximum absolute atomic E-state index is 4.58. The normalized spacial score (nSPS) is 18.7. The molecule has 1 aliphatic carbocycles. The molecule has 0 fully saturated rings. The van der Waals surface area contributed by atoms with Crippen LogP contribution in [-0.4, -0.2) is 9.78 Å². The average Bonchev–Trinajstić information content (AvgIpc) is 2.69. The summed E-state index contributed by atoms with van der Waals surface area (Å²) in [7, 11) is 0. The monoisotopic (exact) mass is 352 g/mol. The quantitative estimate of drug-likeness (QED) is 0.750. The second-order valence-corrected chi connectivity index (χ2v) is 6.13. The van der Waals surface area contributed by atoms with E-state index in [1.54, 1.807) is 0 Å². The van der Waals surface area contributed by atoms with E-state index >= 15 is 0 Å². The van der Waals surface area contributed by atoms with E-state index in [9.17, 15) is 0 Å². The van der Waals surface area contributed by atoms with Gasteiger partial charge >= 0.3 is 0 Å². The van der Waals surface area contributed by atoms with Crippen molar-refractivity contribution in [2.75, 3.05) is 0 Å². The third kappa shape index (κ3) is 2.32. The Morgan fingerprint density at radius 1 is 1.39 bits per heavy atom. The summed E-state index contributed by atoms with van der Waals surface area (Å²) in [5.41, 5.74) is 4.35. The molecule has 0 saturated carbocycles. The van der Waals surface area contributed by atoms with Crippen LogP contribution in [0.4, 0.5) is 0 Å². The molecule has 0 amide bonds. The molecule has 1 aromatic heterocycles. The van der Waals surface area contributed by atoms with Crippen molar-refractivity contribution < 1.29 is 0 Å². The number of halogens is 1. The van der Waals surface area contributed by atoms with Crippen LogP contribution < -0.4 is 0 Å². The van der Waals surface area contributed by atoms with Crippen LogP contribution in [0.15, 0.2) is 30.5 Å². The van der Waals surface area contributed by atoms with Gasteiger partial charge in [0, 0.05) is 24.2 Å². The fraction of sp³-hybridized carbons (Fsp3) is 0.400. The zero-order valence-electron chi connectivity index (χ0n) is 10.6. The van der Waals surface area contributed by atoms with Crippen molar-refractivity contribution in [3.05, 3.63) is 50.9 Å². The highest BCUT2D eigenvalue weighted by atomic mass is 127. The minimum atomic E-state index is 0.630. The Kier molecular flexibility index (Phi) is 3.41. The zero-order valence-corrected chi connectivity index (χ0v) is 12.7. The molecule has 1 aromatic carbocycles. The Morgan fingerprint density at radius 3 is 3.00 bits per heavy atom. The van der Waals surface area contributed by atoms with Gasteiger partial charge in [-0.05, 0) is 59.9 Å². The fourth-order valence-electron chi connectivity index (χ4n) is 2.86. The summed E-state index contributed by atoms with van der Waals surface area (Å²) in [6.07, 6.45) is 5.99. The van der Waals surface area contributed by atoms with Gasteiger partial charge in [-0.15, -0.1) is 0 Å². The average molecular weight is 352 g/mol. The number of rotatable bonds is 2. The molecule has 0 saturated heterocycles. The number of hydrogen-bond donors (Lipinski definition) is 0. The first-order valence-corrected chi connectivity index (χ1v) is 7.59. The summed E-state index contributed by atoms with van der Waals surface area (Å²) in [6.45, 7) is 3.14. The van der Waals surface area contributed by atoms with Crippen molar-refractivity contribution in [2.24, 2.45) is 0 Å². The Balaban J connectivity index is 1.86. The molecule has 1 atom stereocenters. The summed E-state index contributed by atoms with van der Waals surface area (Å²) in [5, 5.41) is 4.58. The second-order valence-electron chi connectivity index (χ2n) is 5.11. The van der Waals surface area contributed by atoms with Crippen LogP contribution in [-0.2, 0) is 13.0 Å². The summed E-state index contributed by atoms with van der Waals surface area (Å²) in [4.78, 5) is 0. The molecule has 1 aliphatic rings. The topological polar surface area (TPSA) is 17.8 Å². The molecule has 1 unspecified atom stereocenters. The third-order valence-electron chi connectivity index (χ3n) is 3.79. The van der Waals surface area contributed by atoms with Gasteiger partial charge in [-0.25, -0.2) is 0 Å². The van der Waals surface area contributed by atoms with Crippen molar-refractivity contribution >= 4 is 22.6 Å². The molecule has 18 heavy (non-hydrogen) atoms. The predicted molar refractivity (Wildman–Crippen MR) is 81.8 cm³/mol. The predicted octanol–water partition coefficient (Wildman–Crippen LogP) is 3.92. The SMILES string of the molecule is Cc1cn(CC2CCCc3ccccc32)nc1I. The molecular weight excluding hydrogens is 335 g/mol. The Morgan fingerprint density at radius 2 is 2.22 bits per heavy atom. The first kappa shape index (κ1) is 12.2. The molecule has 94 valence electrons. The second kappa shape index (κ2) is 5.03. The van der Waals surface area contributed by atoms with Gasteiger partial charge in [0.25, 0.3) is 0 Å². The van der Waals surface area contributed by atoms with Crippen LogP contribution in [0, 0.1) is 10.6 Å². The van der Waals surface area contributed by atoms with Crippen molar-refractivity contribution in [1.82, 2.24) is 9.78 Å². The van der Waals surface area contributed by atoms with Crippen molar-refractivity contribution in [2.45, 2.75) is 38.6 Å². The van der Waals surface area contributed by atoms with Gasteiger partial charge in [-0.2, -0.15) is 5.10 Å². The summed E-state index contributed by atoms with van der Waals surface area (Å²) in [5.74, 6) is 0.630. The number of aromatic nitrogens is 2. The van der Waals surface area contributed by atoms with Gasteiger partial charge < -0.3 is 0 Å². The fourth-order valence-corrected chi connectivity index (χ4v) is 3.28. The Hall–Kier alpha value is -0.840. The molecular formula is C15H17IN2. The lowest BCUT2D eigenvalue weighted by atomic mass is 9.83. The van der Waals surface area contributed by atoms with Gasteiger partial charge in [-0.3, -0.25) is 4.68 Å². The lowest BCUT2D eigenvalue weighted by Crippen LogP contribution is -2.15. The standard InChI is InChI=1S/C15H17IN2/c1-11-9-18(17-15(11)16)10-13-7-4-6-12-5-2-3-8-14(12)13/h2-3,5,8-9,13H,4,6-7,10H2,1H3. The van der Waals surface area contributed by atoms with E-state index in [-0.39, 0.29) is 0 Å². The van der Waals surface area contributed by atoms with Gasteiger partial charge in [0.15, 0.2) is 0 Å². The number of fused-ring (bicyclic) bond motifs is 1. The molecule has 0 aliphatic heterocycles. The van der Waals surface area contributed by atoms with E-state index < -0.39 is 0 Å². The first-order valence-electron chi connectivity index (χ1n) is 6.51. The van der Waals surface area contributed by atoms with Crippen LogP contribution in [0.5, 0.6) is 0 Å². The number of nitrogens with zero attached hydrogens (tertiary/aromatic N) is 2. The van der Waals surface area contributed by atoms with Crippen molar-refractivity contribution in [3.8, 4) is 0 Å². The van der Waals surface area contributed by atoms with E-state index in [0.717, 1.165) is 10.2 Å². The highest BCUT2D eigenvalue weighted by Gasteiger charge is 2.20. The number of benzene rings is 1. The van der Waals surface area contributed by atoms with E-state index in [0.29, 0.717) is 5.92 Å². The number of aryl methyl sites for hydroxylation is 2. The highest BCUT2D eigenvalue weighted by molar-refractivity contribution is 14.1. The molecule has 3 rings (SSSR count). The van der Waals surface area contributed by atoms with E-state index in [4.69, 9.17) is 0 Å². The van der Waals surface area contributed by atoms with Gasteiger partial charge in [0.2, 0.25) is 0 Å². The molecule has 1 heterocycles. The maximum Gasteiger partial charge on any atom is 0.126 e. The van der Waals surface area contributed by atoms with Crippen LogP contribution in [0.3, 0.4) is 0 Å². The van der Waals surface area contributed by atoms with Crippen LogP contribution in [0.25, 0.3) is 0 Å². The summed E-state index contributed by atoms with van der Waals surface area (Å²) in [6, 6.07) is 8.89. The summed E-state index contributed by atoms with van der Waals surface area (Å²) >= 11 is 2.31. The van der Waals surface area contributed by atoms with Crippen LogP contribution in [0.2, 0.25) is 0 Å². The third-order valence-corrected chi connectivity index (χ3v) is 4.85. The lowest BCUT2D eigenvalue weighted by Gasteiger charge is -2.25. The van der Waals surface area contributed by atoms with Crippen molar-refractivity contribution in [1.29, 1.82) is 0 Å². The molecule has 0 spiro atoms. The van der Waals surface area contributed by atoms with E-state index in [1.807, 2.05) is 0 Å². The van der Waals surface area contributed by atoms with E-state index in [2.05, 4.69) is 69.8 Å². The molecule has 0 bridgehead atoms. The van der Waals surface area contributed by atoms with Crippen molar-refractivity contribution in [3.63, 3.8) is 0 Å². The Labute approximate surface area is 122 Å². The first-order chi connectivity index (χ1) is 8.74. The molecule has 0 N–H and O–H groups in total. The molecule has 0 radical (unpaired) electrons. The summed E-state index contributed by atoms with van der Waals surface area (Å²) < 4.78 is 3.24. The van der Waals surface area contributed by atoms with Gasteiger partial charge in [-0.1, -0.05) is 24.3 Å². The van der Waals surface area contributed by atoms with Gasteiger partial charge in [0.1, 0.15) is 3.70 Å². The maximum atomic E-state index is 4.58. The minimum absolute atomic E-state index is 0.630. The van der Waals surface area contributed by atoms with E-state index in [1.165, 1.54) is 36.0 Å². The van der Waals surface area contributed by atoms with Crippen LogP contribution >= 0.6 is 22.6 Å². The Bertz CT molecular complexity index is 540. The molecule has 2 nitrogen and oxygen atoms in total. The smallest absolute Gasteiger partial charge is 0.126 e. The molecule has 3 heteroatoms. The number of hydrogen-bond acceptors (Lipinski definition) is 1. The minimum Gasteiger partial charge on any atom is -0.271 e. The molecule has 2 aromatic rings. The van der Waals surface area contributed by atoms with Gasteiger partial charge in [0.05, 0.1) is 0 Å².